The van der Waals surface area contributed by atoms with Crippen molar-refractivity contribution in [2.75, 3.05) is 24.2 Å². The van der Waals surface area contributed by atoms with E-state index in [9.17, 15) is 14.0 Å². The van der Waals surface area contributed by atoms with E-state index in [0.29, 0.717) is 30.1 Å². The van der Waals surface area contributed by atoms with Crippen LogP contribution in [0.2, 0.25) is 0 Å². The Bertz CT molecular complexity index is 746. The molecule has 2 rings (SSSR count). The molecule has 0 spiro atoms. The molecule has 138 valence electrons. The molecular weight excluding hydrogens is 351 g/mol. The zero-order chi connectivity index (χ0) is 18.9. The van der Waals surface area contributed by atoms with Crippen LogP contribution in [0.4, 0.5) is 10.1 Å². The molecule has 0 saturated heterocycles. The van der Waals surface area contributed by atoms with Crippen molar-refractivity contribution in [2.45, 2.75) is 19.6 Å². The lowest BCUT2D eigenvalue weighted by molar-refractivity contribution is -0.113. The highest BCUT2D eigenvalue weighted by atomic mass is 32.2. The minimum Gasteiger partial charge on any atom is -0.339 e. The van der Waals surface area contributed by atoms with Gasteiger partial charge in [0.2, 0.25) is 5.91 Å². The van der Waals surface area contributed by atoms with Crippen molar-refractivity contribution in [3.8, 4) is 0 Å². The van der Waals surface area contributed by atoms with Crippen molar-refractivity contribution in [2.24, 2.45) is 0 Å². The first-order valence-electron chi connectivity index (χ1n) is 8.54. The molecule has 2 amide bonds. The Kier molecular flexibility index (Phi) is 7.66. The summed E-state index contributed by atoms with van der Waals surface area (Å²) >= 11 is 1.45. The summed E-state index contributed by atoms with van der Waals surface area (Å²) in [5, 5.41) is 2.82. The zero-order valence-corrected chi connectivity index (χ0v) is 15.8. The predicted octanol–water partition coefficient (Wildman–Crippen LogP) is 4.18. The fraction of sp³-hybridized carbons (Fsp3) is 0.300. The number of nitrogens with one attached hydrogen (secondary N) is 1. The molecule has 0 unspecified atom stereocenters. The third kappa shape index (κ3) is 5.88. The molecular formula is C20H23FN2O2S. The lowest BCUT2D eigenvalue weighted by atomic mass is 10.1. The van der Waals surface area contributed by atoms with Crippen molar-refractivity contribution < 1.29 is 14.0 Å². The van der Waals surface area contributed by atoms with Gasteiger partial charge < -0.3 is 10.2 Å². The molecule has 0 bridgehead atoms. The van der Waals surface area contributed by atoms with E-state index in [1.165, 1.54) is 23.9 Å². The third-order valence-corrected chi connectivity index (χ3v) is 4.86. The number of carbonyl (C=O) groups excluding carboxylic acids is 2. The highest BCUT2D eigenvalue weighted by Gasteiger charge is 2.13. The Balaban J connectivity index is 1.87. The summed E-state index contributed by atoms with van der Waals surface area (Å²) in [5.74, 6) is 0.469. The number of thioether (sulfide) groups is 1. The average Bonchev–Trinajstić information content (AvgIpc) is 2.64. The average molecular weight is 374 g/mol. The van der Waals surface area contributed by atoms with Crippen LogP contribution in [0.5, 0.6) is 0 Å². The Labute approximate surface area is 157 Å². The van der Waals surface area contributed by atoms with Gasteiger partial charge in [-0.1, -0.05) is 18.2 Å². The first-order chi connectivity index (χ1) is 12.5. The maximum Gasteiger partial charge on any atom is 0.253 e. The fourth-order valence-electron chi connectivity index (χ4n) is 2.46. The number of amides is 2. The molecule has 2 aromatic carbocycles. The smallest absolute Gasteiger partial charge is 0.253 e. The molecule has 1 N–H and O–H groups in total. The predicted molar refractivity (Wildman–Crippen MR) is 105 cm³/mol. The monoisotopic (exact) mass is 374 g/mol. The van der Waals surface area contributed by atoms with Gasteiger partial charge in [-0.2, -0.15) is 0 Å². The molecule has 0 aliphatic heterocycles. The molecule has 0 aliphatic rings. The van der Waals surface area contributed by atoms with Crippen molar-refractivity contribution >= 4 is 29.3 Å². The first kappa shape index (κ1) is 20.0. The largest absolute Gasteiger partial charge is 0.339 e. The van der Waals surface area contributed by atoms with E-state index in [-0.39, 0.29) is 23.4 Å². The third-order valence-electron chi connectivity index (χ3n) is 3.86. The van der Waals surface area contributed by atoms with Gasteiger partial charge in [-0.25, -0.2) is 4.39 Å². The van der Waals surface area contributed by atoms with E-state index in [1.807, 2.05) is 13.8 Å². The molecule has 0 heterocycles. The second kappa shape index (κ2) is 9.97. The summed E-state index contributed by atoms with van der Waals surface area (Å²) in [5.41, 5.74) is 2.14. The van der Waals surface area contributed by atoms with Gasteiger partial charge in [0.05, 0.1) is 5.75 Å². The van der Waals surface area contributed by atoms with Crippen LogP contribution in [0.15, 0.2) is 48.5 Å². The number of rotatable bonds is 8. The summed E-state index contributed by atoms with van der Waals surface area (Å²) in [4.78, 5) is 26.2. The number of benzene rings is 2. The standard InChI is InChI=1S/C20H23FN2O2S/c1-3-23(4-2)20(25)16-6-5-7-18(12-16)22-19(24)14-26-13-15-8-10-17(21)11-9-15/h5-12H,3-4,13-14H2,1-2H3,(H,22,24). The van der Waals surface area contributed by atoms with Gasteiger partial charge >= 0.3 is 0 Å². The van der Waals surface area contributed by atoms with Crippen molar-refractivity contribution in [1.29, 1.82) is 0 Å². The molecule has 0 radical (unpaired) electrons. The lowest BCUT2D eigenvalue weighted by Crippen LogP contribution is -2.30. The molecule has 2 aromatic rings. The SMILES string of the molecule is CCN(CC)C(=O)c1cccc(NC(=O)CSCc2ccc(F)cc2)c1. The van der Waals surface area contributed by atoms with Gasteiger partial charge in [0.25, 0.3) is 5.91 Å². The highest BCUT2D eigenvalue weighted by Crippen LogP contribution is 2.16. The number of carbonyl (C=O) groups is 2. The Morgan fingerprint density at radius 3 is 2.42 bits per heavy atom. The quantitative estimate of drug-likeness (QED) is 0.754. The Morgan fingerprint density at radius 2 is 1.77 bits per heavy atom. The molecule has 0 fully saturated rings. The molecule has 0 aromatic heterocycles. The van der Waals surface area contributed by atoms with Gasteiger partial charge in [-0.15, -0.1) is 11.8 Å². The van der Waals surface area contributed by atoms with E-state index >= 15 is 0 Å². The van der Waals surface area contributed by atoms with E-state index in [4.69, 9.17) is 0 Å². The minimum absolute atomic E-state index is 0.0446. The number of hydrogen-bond donors (Lipinski definition) is 1. The number of halogens is 1. The topological polar surface area (TPSA) is 49.4 Å². The second-order valence-electron chi connectivity index (χ2n) is 5.73. The molecule has 0 saturated carbocycles. The van der Waals surface area contributed by atoms with Crippen molar-refractivity contribution in [1.82, 2.24) is 4.90 Å². The Morgan fingerprint density at radius 1 is 1.08 bits per heavy atom. The zero-order valence-electron chi connectivity index (χ0n) is 15.0. The second-order valence-corrected chi connectivity index (χ2v) is 6.71. The van der Waals surface area contributed by atoms with Crippen LogP contribution in [0.1, 0.15) is 29.8 Å². The molecule has 4 nitrogen and oxygen atoms in total. The van der Waals surface area contributed by atoms with Crippen LogP contribution in [-0.4, -0.2) is 35.6 Å². The van der Waals surface area contributed by atoms with Crippen LogP contribution < -0.4 is 5.32 Å². The van der Waals surface area contributed by atoms with E-state index < -0.39 is 0 Å². The number of hydrogen-bond acceptors (Lipinski definition) is 3. The minimum atomic E-state index is -0.268. The van der Waals surface area contributed by atoms with Crippen LogP contribution in [-0.2, 0) is 10.5 Å². The summed E-state index contributed by atoms with van der Waals surface area (Å²) in [7, 11) is 0. The summed E-state index contributed by atoms with van der Waals surface area (Å²) in [6.07, 6.45) is 0. The van der Waals surface area contributed by atoms with Gasteiger partial charge in [0.1, 0.15) is 5.82 Å². The molecule has 6 heteroatoms. The maximum atomic E-state index is 12.9. The van der Waals surface area contributed by atoms with Gasteiger partial charge in [0, 0.05) is 30.1 Å². The van der Waals surface area contributed by atoms with Gasteiger partial charge in [-0.05, 0) is 49.7 Å². The van der Waals surface area contributed by atoms with E-state index in [0.717, 1.165) is 5.56 Å². The first-order valence-corrected chi connectivity index (χ1v) is 9.70. The highest BCUT2D eigenvalue weighted by molar-refractivity contribution is 7.99. The number of anilines is 1. The van der Waals surface area contributed by atoms with Crippen molar-refractivity contribution in [3.05, 3.63) is 65.5 Å². The van der Waals surface area contributed by atoms with Crippen LogP contribution >= 0.6 is 11.8 Å². The summed E-state index contributed by atoms with van der Waals surface area (Å²) < 4.78 is 12.9. The number of nitrogens with zero attached hydrogens (tertiary/aromatic N) is 1. The van der Waals surface area contributed by atoms with Crippen molar-refractivity contribution in [3.63, 3.8) is 0 Å². The van der Waals surface area contributed by atoms with Gasteiger partial charge in [0.15, 0.2) is 0 Å². The fourth-order valence-corrected chi connectivity index (χ4v) is 3.25. The molecule has 26 heavy (non-hydrogen) atoms. The summed E-state index contributed by atoms with van der Waals surface area (Å²) in [6.45, 7) is 5.16. The van der Waals surface area contributed by atoms with E-state index in [2.05, 4.69) is 5.32 Å². The van der Waals surface area contributed by atoms with E-state index in [1.54, 1.807) is 41.3 Å². The van der Waals surface area contributed by atoms with Crippen LogP contribution in [0.3, 0.4) is 0 Å². The maximum absolute atomic E-state index is 12.9. The summed E-state index contributed by atoms with van der Waals surface area (Å²) in [6, 6.07) is 13.2. The normalized spacial score (nSPS) is 10.4. The van der Waals surface area contributed by atoms with Crippen LogP contribution in [0, 0.1) is 5.82 Å². The van der Waals surface area contributed by atoms with Crippen LogP contribution in [0.25, 0.3) is 0 Å². The molecule has 0 atom stereocenters. The lowest BCUT2D eigenvalue weighted by Gasteiger charge is -2.19. The van der Waals surface area contributed by atoms with Gasteiger partial charge in [-0.3, -0.25) is 9.59 Å². The Hall–Kier alpha value is -2.34. The molecule has 0 aliphatic carbocycles.